The van der Waals surface area contributed by atoms with Gasteiger partial charge in [0.25, 0.3) is 5.69 Å². The Labute approximate surface area is 308 Å². The molecule has 0 unspecified atom stereocenters. The van der Waals surface area contributed by atoms with Gasteiger partial charge in [0.15, 0.2) is 0 Å². The molecule has 5 aromatic rings. The number of para-hydroxylation sites is 1. The first-order valence-electron chi connectivity index (χ1n) is 16.7. The summed E-state index contributed by atoms with van der Waals surface area (Å²) in [5.41, 5.74) is 3.82. The van der Waals surface area contributed by atoms with Crippen LogP contribution in [0.4, 0.5) is 5.69 Å². The van der Waals surface area contributed by atoms with Crippen LogP contribution in [-0.4, -0.2) is 37.6 Å². The van der Waals surface area contributed by atoms with Gasteiger partial charge in [0, 0.05) is 12.1 Å². The summed E-state index contributed by atoms with van der Waals surface area (Å²) in [6.07, 6.45) is 0. The number of phenolic OH excluding ortho intramolecular Hbond substituents is 5. The largest absolute Gasteiger partial charge is 0.508 e. The number of rotatable bonds is 2. The lowest BCUT2D eigenvalue weighted by Crippen LogP contribution is -2.16. The molecule has 9 nitrogen and oxygen atoms in total. The van der Waals surface area contributed by atoms with Gasteiger partial charge in [-0.15, -0.1) is 0 Å². The molecule has 5 N–H and O–H groups in total. The molecule has 0 heterocycles. The van der Waals surface area contributed by atoms with Crippen LogP contribution in [0.2, 0.25) is 0 Å². The first-order chi connectivity index (χ1) is 24.0. The molecule has 0 aliphatic carbocycles. The van der Waals surface area contributed by atoms with Crippen molar-refractivity contribution in [2.45, 2.75) is 78.6 Å². The second-order valence-corrected chi connectivity index (χ2v) is 14.8. The van der Waals surface area contributed by atoms with E-state index >= 15 is 0 Å². The van der Waals surface area contributed by atoms with Crippen LogP contribution in [-0.2, 0) is 16.2 Å². The average Bonchev–Trinajstić information content (AvgIpc) is 3.06. The Balaban J connectivity index is 0.000000332. The molecule has 5 aromatic carbocycles. The Morgan fingerprint density at radius 2 is 0.885 bits per heavy atom. The van der Waals surface area contributed by atoms with Gasteiger partial charge in [0.1, 0.15) is 34.5 Å². The summed E-state index contributed by atoms with van der Waals surface area (Å²) in [5, 5.41) is 55.0. The van der Waals surface area contributed by atoms with Gasteiger partial charge in [0.05, 0.1) is 12.0 Å². The molecule has 52 heavy (non-hydrogen) atoms. The molecule has 5 rings (SSSR count). The van der Waals surface area contributed by atoms with Gasteiger partial charge < -0.3 is 30.3 Å². The number of aromatic hydroxyl groups is 5. The lowest BCUT2D eigenvalue weighted by atomic mass is 9.80. The SMILES string of the molecule is CC(C)(C)c1ccc(O)c(C(C)(C)C)c1.CC(C)(C)c1ccc(O)cc1.COc1ccc(O)cc1.O=[N+]([O-])c1ccc(O)cc1.Oc1ccccc1. The summed E-state index contributed by atoms with van der Waals surface area (Å²) in [6.45, 7) is 19.4. The van der Waals surface area contributed by atoms with Crippen LogP contribution in [0.15, 0.2) is 121 Å². The predicted molar refractivity (Wildman–Crippen MR) is 210 cm³/mol. The number of nitrogens with zero attached hydrogens (tertiary/aromatic N) is 1. The van der Waals surface area contributed by atoms with Gasteiger partial charge in [-0.05, 0) is 99.7 Å². The summed E-state index contributed by atoms with van der Waals surface area (Å²) < 4.78 is 4.86. The van der Waals surface area contributed by atoms with Crippen LogP contribution < -0.4 is 4.74 Å². The fourth-order valence-corrected chi connectivity index (χ4v) is 4.15. The number of hydrogen-bond donors (Lipinski definition) is 5. The molecule has 0 aliphatic rings. The molecule has 0 saturated heterocycles. The number of nitro groups is 1. The Bertz CT molecular complexity index is 1750. The van der Waals surface area contributed by atoms with Crippen LogP contribution in [0.25, 0.3) is 0 Å². The molecule has 0 saturated carbocycles. The van der Waals surface area contributed by atoms with Gasteiger partial charge in [-0.3, -0.25) is 10.1 Å². The fourth-order valence-electron chi connectivity index (χ4n) is 4.15. The van der Waals surface area contributed by atoms with E-state index in [0.29, 0.717) is 17.2 Å². The first-order valence-corrected chi connectivity index (χ1v) is 16.7. The maximum absolute atomic E-state index is 10.0. The van der Waals surface area contributed by atoms with Gasteiger partial charge >= 0.3 is 0 Å². The van der Waals surface area contributed by atoms with E-state index < -0.39 is 4.92 Å². The maximum atomic E-state index is 10.0. The zero-order valence-corrected chi connectivity index (χ0v) is 32.0. The zero-order chi connectivity index (χ0) is 39.7. The third-order valence-corrected chi connectivity index (χ3v) is 7.29. The molecule has 0 fully saturated rings. The van der Waals surface area contributed by atoms with Gasteiger partial charge in [0.2, 0.25) is 0 Å². The molecule has 0 radical (unpaired) electrons. The van der Waals surface area contributed by atoms with E-state index in [1.54, 1.807) is 73.8 Å². The van der Waals surface area contributed by atoms with Crippen molar-refractivity contribution in [1.29, 1.82) is 0 Å². The standard InChI is InChI=1S/C14H22O.C10H14O.C7H8O2.C6H5NO3.C6H6O/c1-13(2,3)10-7-8-12(15)11(9-10)14(4,5)6;1-10(2,3)8-4-6-9(11)7-5-8;1-9-7-4-2-6(8)3-5-7;8-6-3-1-5(2-4-6)7(9)10;7-6-4-2-1-3-5-6/h7-9,15H,1-6H3;4-7,11H,1-3H3;2-5,8H,1H3;1-4,8H;1-5,7H. The Morgan fingerprint density at radius 3 is 1.23 bits per heavy atom. The molecule has 0 aliphatic heterocycles. The summed E-state index contributed by atoms with van der Waals surface area (Å²) in [6, 6.07) is 33.6. The lowest BCUT2D eigenvalue weighted by molar-refractivity contribution is -0.384. The quantitative estimate of drug-likeness (QED) is 0.0894. The molecule has 9 heteroatoms. The van der Waals surface area contributed by atoms with Crippen LogP contribution in [0.5, 0.6) is 34.5 Å². The number of ether oxygens (including phenoxy) is 1. The fraction of sp³-hybridized carbons (Fsp3) is 0.302. The minimum atomic E-state index is -0.514. The van der Waals surface area contributed by atoms with Crippen molar-refractivity contribution < 1.29 is 35.2 Å². The molecular weight excluding hydrogens is 658 g/mol. The monoisotopic (exact) mass is 713 g/mol. The topological polar surface area (TPSA) is 154 Å². The summed E-state index contributed by atoms with van der Waals surface area (Å²) in [5.74, 6) is 2.10. The maximum Gasteiger partial charge on any atom is 0.269 e. The Morgan fingerprint density at radius 1 is 0.500 bits per heavy atom. The number of hydrogen-bond acceptors (Lipinski definition) is 8. The second kappa shape index (κ2) is 20.2. The van der Waals surface area contributed by atoms with Crippen molar-refractivity contribution in [1.82, 2.24) is 0 Å². The highest BCUT2D eigenvalue weighted by molar-refractivity contribution is 5.42. The highest BCUT2D eigenvalue weighted by Gasteiger charge is 2.21. The number of phenols is 5. The minimum absolute atomic E-state index is 0.00859. The number of benzene rings is 5. The first kappa shape index (κ1) is 44.3. The van der Waals surface area contributed by atoms with Gasteiger partial charge in [-0.1, -0.05) is 105 Å². The molecule has 0 atom stereocenters. The summed E-state index contributed by atoms with van der Waals surface area (Å²) in [7, 11) is 1.59. The van der Waals surface area contributed by atoms with E-state index in [1.165, 1.54) is 35.4 Å². The van der Waals surface area contributed by atoms with Crippen LogP contribution in [0, 0.1) is 10.1 Å². The third kappa shape index (κ3) is 17.3. The summed E-state index contributed by atoms with van der Waals surface area (Å²) >= 11 is 0. The highest BCUT2D eigenvalue weighted by atomic mass is 16.6. The minimum Gasteiger partial charge on any atom is -0.508 e. The van der Waals surface area contributed by atoms with Crippen LogP contribution in [0.3, 0.4) is 0 Å². The number of nitro benzene ring substituents is 1. The van der Waals surface area contributed by atoms with Crippen molar-refractivity contribution in [2.75, 3.05) is 7.11 Å². The van der Waals surface area contributed by atoms with E-state index in [1.807, 2.05) is 24.3 Å². The van der Waals surface area contributed by atoms with Gasteiger partial charge in [-0.25, -0.2) is 0 Å². The molecule has 0 aromatic heterocycles. The van der Waals surface area contributed by atoms with Crippen molar-refractivity contribution in [3.8, 4) is 34.5 Å². The van der Waals surface area contributed by atoms with Crippen molar-refractivity contribution in [3.05, 3.63) is 148 Å². The lowest BCUT2D eigenvalue weighted by Gasteiger charge is -2.25. The van der Waals surface area contributed by atoms with E-state index in [-0.39, 0.29) is 33.4 Å². The zero-order valence-electron chi connectivity index (χ0n) is 32.0. The molecular formula is C43H55NO8. The average molecular weight is 714 g/mol. The van der Waals surface area contributed by atoms with E-state index in [4.69, 9.17) is 25.2 Å². The highest BCUT2D eigenvalue weighted by Crippen LogP contribution is 2.34. The van der Waals surface area contributed by atoms with E-state index in [9.17, 15) is 15.2 Å². The molecule has 0 amide bonds. The number of methoxy groups -OCH3 is 1. The number of non-ortho nitro benzene ring substituents is 1. The molecule has 0 bridgehead atoms. The molecule has 280 valence electrons. The predicted octanol–water partition coefficient (Wildman–Crippen LogP) is 10.8. The van der Waals surface area contributed by atoms with Crippen molar-refractivity contribution in [3.63, 3.8) is 0 Å². The van der Waals surface area contributed by atoms with Gasteiger partial charge in [-0.2, -0.15) is 0 Å². The van der Waals surface area contributed by atoms with Crippen molar-refractivity contribution >= 4 is 5.69 Å². The summed E-state index contributed by atoms with van der Waals surface area (Å²) in [4.78, 5) is 9.52. The van der Waals surface area contributed by atoms with Crippen LogP contribution in [0.1, 0.15) is 79.0 Å². The van der Waals surface area contributed by atoms with Crippen molar-refractivity contribution in [2.24, 2.45) is 0 Å². The molecule has 0 spiro atoms. The second-order valence-electron chi connectivity index (χ2n) is 14.8. The van der Waals surface area contributed by atoms with Crippen LogP contribution >= 0.6 is 0 Å². The Hall–Kier alpha value is -5.70. The third-order valence-electron chi connectivity index (χ3n) is 7.29. The smallest absolute Gasteiger partial charge is 0.269 e. The van der Waals surface area contributed by atoms with E-state index in [2.05, 4.69) is 68.4 Å². The Kier molecular flexibility index (Phi) is 17.2. The van der Waals surface area contributed by atoms with E-state index in [0.717, 1.165) is 11.3 Å². The normalized spacial score (nSPS) is 10.7.